The largest absolute Gasteiger partial charge is 0.369 e. The number of rotatable bonds is 6. The Labute approximate surface area is 189 Å². The Kier molecular flexibility index (Phi) is 6.88. The number of carbonyl (C=O) groups is 3. The number of amides is 2. The van der Waals surface area contributed by atoms with Crippen LogP contribution in [0.1, 0.15) is 16.1 Å². The van der Waals surface area contributed by atoms with Crippen molar-refractivity contribution in [3.63, 3.8) is 0 Å². The molecule has 1 aliphatic carbocycles. The smallest absolute Gasteiger partial charge is 0.261 e. The topological polar surface area (TPSA) is 114 Å². The number of hydrogen-bond donors (Lipinski definition) is 3. The van der Waals surface area contributed by atoms with E-state index in [-0.39, 0.29) is 24.2 Å². The van der Waals surface area contributed by atoms with E-state index < -0.39 is 17.9 Å². The Balaban J connectivity index is 1.58. The Hall–Kier alpha value is -2.04. The second-order valence-corrected chi connectivity index (χ2v) is 9.61. The van der Waals surface area contributed by atoms with Crippen LogP contribution in [0.5, 0.6) is 0 Å². The number of halogens is 1. The molecule has 3 unspecified atom stereocenters. The van der Waals surface area contributed by atoms with Gasteiger partial charge in [0.1, 0.15) is 0 Å². The summed E-state index contributed by atoms with van der Waals surface area (Å²) in [6, 6.07) is 2.88. The van der Waals surface area contributed by atoms with Crippen molar-refractivity contribution in [2.75, 3.05) is 39.5 Å². The van der Waals surface area contributed by atoms with Gasteiger partial charge in [-0.1, -0.05) is 23.8 Å². The number of carbonyl (C=O) groups excluding carboxylic acids is 3. The SMILES string of the molecule is NC(=O)C1CNCCC1C1=CC(CNC(=O)c2ccc(Cl)s2)=CC(N2CCOC2)C1=O. The van der Waals surface area contributed by atoms with Crippen molar-refractivity contribution in [1.29, 1.82) is 0 Å². The van der Waals surface area contributed by atoms with Gasteiger partial charge in [0.25, 0.3) is 5.91 Å². The third kappa shape index (κ3) is 4.91. The van der Waals surface area contributed by atoms with E-state index in [9.17, 15) is 14.4 Å². The number of ether oxygens (including phenoxy) is 1. The van der Waals surface area contributed by atoms with Gasteiger partial charge in [-0.05, 0) is 30.7 Å². The zero-order valence-electron chi connectivity index (χ0n) is 16.9. The summed E-state index contributed by atoms with van der Waals surface area (Å²) in [5, 5.41) is 6.09. The van der Waals surface area contributed by atoms with Crippen molar-refractivity contribution in [3.8, 4) is 0 Å². The highest BCUT2D eigenvalue weighted by Crippen LogP contribution is 2.33. The van der Waals surface area contributed by atoms with Crippen LogP contribution in [0, 0.1) is 11.8 Å². The fraction of sp³-hybridized carbons (Fsp3) is 0.476. The summed E-state index contributed by atoms with van der Waals surface area (Å²) >= 11 is 7.14. The van der Waals surface area contributed by atoms with Crippen LogP contribution >= 0.6 is 22.9 Å². The number of nitrogens with one attached hydrogen (secondary N) is 2. The van der Waals surface area contributed by atoms with Crippen LogP contribution < -0.4 is 16.4 Å². The van der Waals surface area contributed by atoms with Gasteiger partial charge in [0.15, 0.2) is 5.78 Å². The molecule has 0 aromatic carbocycles. The second kappa shape index (κ2) is 9.62. The Morgan fingerprint density at radius 2 is 2.23 bits per heavy atom. The first kappa shape index (κ1) is 22.2. The zero-order valence-corrected chi connectivity index (χ0v) is 18.5. The number of thiophene rings is 1. The quantitative estimate of drug-likeness (QED) is 0.577. The summed E-state index contributed by atoms with van der Waals surface area (Å²) in [5.74, 6) is -1.34. The fourth-order valence-electron chi connectivity index (χ4n) is 4.32. The van der Waals surface area contributed by atoms with Crippen molar-refractivity contribution in [3.05, 3.63) is 44.6 Å². The molecule has 0 saturated carbocycles. The van der Waals surface area contributed by atoms with Gasteiger partial charge < -0.3 is 21.1 Å². The van der Waals surface area contributed by atoms with E-state index in [2.05, 4.69) is 10.6 Å². The second-order valence-electron chi connectivity index (χ2n) is 7.89. The molecule has 2 fully saturated rings. The number of hydrogen-bond acceptors (Lipinski definition) is 7. The molecule has 10 heteroatoms. The molecule has 0 bridgehead atoms. The number of primary amides is 1. The first-order valence-corrected chi connectivity index (χ1v) is 11.5. The van der Waals surface area contributed by atoms with Gasteiger partial charge >= 0.3 is 0 Å². The summed E-state index contributed by atoms with van der Waals surface area (Å²) in [6.07, 6.45) is 4.35. The van der Waals surface area contributed by atoms with Crippen molar-refractivity contribution >= 4 is 40.5 Å². The molecule has 31 heavy (non-hydrogen) atoms. The summed E-state index contributed by atoms with van der Waals surface area (Å²) in [6.45, 7) is 3.03. The Morgan fingerprint density at radius 1 is 1.39 bits per heavy atom. The van der Waals surface area contributed by atoms with Crippen molar-refractivity contribution in [2.24, 2.45) is 17.6 Å². The highest BCUT2D eigenvalue weighted by atomic mass is 35.5. The Bertz CT molecular complexity index is 938. The minimum atomic E-state index is -0.478. The maximum absolute atomic E-state index is 13.4. The predicted molar refractivity (Wildman–Crippen MR) is 118 cm³/mol. The minimum absolute atomic E-state index is 0.0243. The molecule has 1 aromatic rings. The van der Waals surface area contributed by atoms with Crippen LogP contribution in [-0.4, -0.2) is 68.1 Å². The average Bonchev–Trinajstić information content (AvgIpc) is 3.45. The molecule has 2 amide bonds. The molecule has 166 valence electrons. The van der Waals surface area contributed by atoms with E-state index in [1.165, 1.54) is 11.3 Å². The van der Waals surface area contributed by atoms with Gasteiger partial charge in [-0.25, -0.2) is 0 Å². The van der Waals surface area contributed by atoms with Gasteiger partial charge in [0.2, 0.25) is 5.91 Å². The predicted octanol–water partition coefficient (Wildman–Crippen LogP) is 0.936. The first-order valence-electron chi connectivity index (χ1n) is 10.3. The van der Waals surface area contributed by atoms with Crippen LogP contribution in [0.25, 0.3) is 0 Å². The number of Topliss-reactive ketones (excluding diaryl/α,β-unsaturated/α-hetero) is 1. The molecule has 4 N–H and O–H groups in total. The van der Waals surface area contributed by atoms with Crippen molar-refractivity contribution in [2.45, 2.75) is 12.5 Å². The van der Waals surface area contributed by atoms with Crippen LogP contribution in [0.2, 0.25) is 4.34 Å². The molecule has 0 radical (unpaired) electrons. The Morgan fingerprint density at radius 3 is 2.90 bits per heavy atom. The van der Waals surface area contributed by atoms with E-state index in [1.54, 1.807) is 12.1 Å². The normalized spacial score (nSPS) is 27.0. The monoisotopic (exact) mass is 464 g/mol. The standard InChI is InChI=1S/C21H25ClN4O4S/c22-18-2-1-17(31-18)21(29)25-9-12-7-14(13-3-4-24-10-15(13)20(23)28)19(27)16(8-12)26-5-6-30-11-26/h1-2,7-8,13,15-16,24H,3-6,9-11H2,(H2,23,28)(H,25,29). The number of nitrogens with zero attached hydrogens (tertiary/aromatic N) is 1. The number of piperidine rings is 1. The third-order valence-corrected chi connectivity index (χ3v) is 7.17. The van der Waals surface area contributed by atoms with Crippen LogP contribution in [-0.2, 0) is 14.3 Å². The van der Waals surface area contributed by atoms with Gasteiger partial charge in [-0.2, -0.15) is 0 Å². The summed E-state index contributed by atoms with van der Waals surface area (Å²) in [7, 11) is 0. The lowest BCUT2D eigenvalue weighted by molar-refractivity contribution is -0.124. The highest BCUT2D eigenvalue weighted by molar-refractivity contribution is 7.18. The maximum Gasteiger partial charge on any atom is 0.261 e. The summed E-state index contributed by atoms with van der Waals surface area (Å²) < 4.78 is 6.00. The molecule has 3 atom stereocenters. The molecule has 4 rings (SSSR count). The summed E-state index contributed by atoms with van der Waals surface area (Å²) in [4.78, 5) is 40.4. The fourth-order valence-corrected chi connectivity index (χ4v) is 5.28. The zero-order chi connectivity index (χ0) is 22.0. The van der Waals surface area contributed by atoms with E-state index >= 15 is 0 Å². The molecule has 2 aliphatic heterocycles. The molecule has 8 nitrogen and oxygen atoms in total. The number of ketones is 1. The van der Waals surface area contributed by atoms with Crippen molar-refractivity contribution in [1.82, 2.24) is 15.5 Å². The molecular weight excluding hydrogens is 440 g/mol. The van der Waals surface area contributed by atoms with Gasteiger partial charge in [-0.15, -0.1) is 11.3 Å². The lowest BCUT2D eigenvalue weighted by atomic mass is 9.75. The lowest BCUT2D eigenvalue weighted by Crippen LogP contribution is -2.48. The van der Waals surface area contributed by atoms with E-state index in [0.717, 1.165) is 5.57 Å². The molecule has 2 saturated heterocycles. The van der Waals surface area contributed by atoms with Crippen molar-refractivity contribution < 1.29 is 19.1 Å². The average molecular weight is 465 g/mol. The lowest BCUT2D eigenvalue weighted by Gasteiger charge is -2.35. The van der Waals surface area contributed by atoms with Crippen LogP contribution in [0.15, 0.2) is 35.4 Å². The summed E-state index contributed by atoms with van der Waals surface area (Å²) in [5.41, 5.74) is 7.06. The van der Waals surface area contributed by atoms with Gasteiger partial charge in [0.05, 0.1) is 34.5 Å². The third-order valence-electron chi connectivity index (χ3n) is 5.94. The number of nitrogens with two attached hydrogens (primary N) is 1. The first-order chi connectivity index (χ1) is 14.9. The van der Waals surface area contributed by atoms with E-state index in [4.69, 9.17) is 22.1 Å². The molecule has 1 aromatic heterocycles. The molecule has 3 aliphatic rings. The van der Waals surface area contributed by atoms with E-state index in [1.807, 2.05) is 17.1 Å². The molecular formula is C21H25ClN4O4S. The van der Waals surface area contributed by atoms with Gasteiger partial charge in [0, 0.05) is 31.1 Å². The van der Waals surface area contributed by atoms with Crippen LogP contribution in [0.3, 0.4) is 0 Å². The highest BCUT2D eigenvalue weighted by Gasteiger charge is 2.40. The van der Waals surface area contributed by atoms with E-state index in [0.29, 0.717) is 54.2 Å². The molecule has 3 heterocycles. The minimum Gasteiger partial charge on any atom is -0.369 e. The van der Waals surface area contributed by atoms with Crippen LogP contribution in [0.4, 0.5) is 0 Å². The maximum atomic E-state index is 13.4. The van der Waals surface area contributed by atoms with Gasteiger partial charge in [-0.3, -0.25) is 19.3 Å². The molecule has 0 spiro atoms.